The summed E-state index contributed by atoms with van der Waals surface area (Å²) in [6, 6.07) is -1.11. The fourth-order valence-electron chi connectivity index (χ4n) is 0.826. The summed E-state index contributed by atoms with van der Waals surface area (Å²) in [6.45, 7) is 4.60. The second kappa shape index (κ2) is 5.36. The van der Waals surface area contributed by atoms with Gasteiger partial charge in [-0.25, -0.2) is 4.79 Å². The van der Waals surface area contributed by atoms with Crippen molar-refractivity contribution in [3.8, 4) is 0 Å². The van der Waals surface area contributed by atoms with Gasteiger partial charge in [0.05, 0.1) is 0 Å². The topological polar surface area (TPSA) is 83.5 Å². The van der Waals surface area contributed by atoms with Crippen LogP contribution in [-0.4, -0.2) is 28.8 Å². The average molecular weight is 201 g/mol. The Morgan fingerprint density at radius 2 is 1.79 bits per heavy atom. The van der Waals surface area contributed by atoms with E-state index in [0.717, 1.165) is 0 Å². The number of hydrogen-bond donors (Lipinski definition) is 2. The van der Waals surface area contributed by atoms with Crippen LogP contribution in [0.1, 0.15) is 27.2 Å². The minimum atomic E-state index is -1.19. The first-order valence-corrected chi connectivity index (χ1v) is 4.37. The lowest BCUT2D eigenvalue weighted by atomic mass is 10.1. The highest BCUT2D eigenvalue weighted by Gasteiger charge is 2.22. The molecule has 0 rings (SSSR count). The number of hydrogen-bond acceptors (Lipinski definition) is 3. The molecule has 0 aliphatic heterocycles. The highest BCUT2D eigenvalue weighted by Crippen LogP contribution is 1.98. The van der Waals surface area contributed by atoms with Crippen molar-refractivity contribution < 1.29 is 19.5 Å². The van der Waals surface area contributed by atoms with Crippen molar-refractivity contribution in [3.63, 3.8) is 0 Å². The number of carboxylic acids is 1. The van der Waals surface area contributed by atoms with Gasteiger partial charge < -0.3 is 10.4 Å². The number of aliphatic carboxylic acids is 1. The molecule has 0 fully saturated rings. The number of carbonyl (C=O) groups excluding carboxylic acids is 2. The molecular formula is C9H15NO4. The predicted octanol–water partition coefficient (Wildman–Crippen LogP) is 0.191. The number of carbonyl (C=O) groups is 3. The van der Waals surface area contributed by atoms with Crippen LogP contribution in [0, 0.1) is 5.92 Å². The van der Waals surface area contributed by atoms with Crippen LogP contribution in [0.3, 0.4) is 0 Å². The van der Waals surface area contributed by atoms with Crippen molar-refractivity contribution in [1.82, 2.24) is 5.32 Å². The van der Waals surface area contributed by atoms with Crippen LogP contribution in [0.25, 0.3) is 0 Å². The zero-order chi connectivity index (χ0) is 11.3. The van der Waals surface area contributed by atoms with Gasteiger partial charge in [0.2, 0.25) is 5.91 Å². The summed E-state index contributed by atoms with van der Waals surface area (Å²) in [4.78, 5) is 32.5. The predicted molar refractivity (Wildman–Crippen MR) is 49.7 cm³/mol. The molecule has 14 heavy (non-hydrogen) atoms. The number of ketones is 1. The van der Waals surface area contributed by atoms with Gasteiger partial charge in [-0.15, -0.1) is 0 Å². The lowest BCUT2D eigenvalue weighted by molar-refractivity contribution is -0.143. The number of carboxylic acid groups (broad SMARTS) is 1. The third-order valence-corrected chi connectivity index (χ3v) is 1.63. The van der Waals surface area contributed by atoms with Crippen LogP contribution in [0.5, 0.6) is 0 Å². The smallest absolute Gasteiger partial charge is 0.326 e. The van der Waals surface area contributed by atoms with E-state index < -0.39 is 12.0 Å². The third-order valence-electron chi connectivity index (χ3n) is 1.63. The first-order valence-electron chi connectivity index (χ1n) is 4.37. The summed E-state index contributed by atoms with van der Waals surface area (Å²) >= 11 is 0. The molecule has 0 saturated heterocycles. The van der Waals surface area contributed by atoms with E-state index in [4.69, 9.17) is 5.11 Å². The highest BCUT2D eigenvalue weighted by molar-refractivity contribution is 5.89. The molecule has 0 aromatic heterocycles. The number of nitrogens with one attached hydrogen (secondary N) is 1. The number of rotatable bonds is 5. The van der Waals surface area contributed by atoms with E-state index in [2.05, 4.69) is 5.32 Å². The Bertz CT molecular complexity index is 247. The average Bonchev–Trinajstić information content (AvgIpc) is 2.01. The molecule has 1 amide bonds. The molecule has 0 spiro atoms. The van der Waals surface area contributed by atoms with Gasteiger partial charge in [0, 0.05) is 12.3 Å². The van der Waals surface area contributed by atoms with Gasteiger partial charge in [-0.1, -0.05) is 13.8 Å². The maximum Gasteiger partial charge on any atom is 0.326 e. The van der Waals surface area contributed by atoms with E-state index in [1.165, 1.54) is 6.92 Å². The standard InChI is InChI=1S/C9H15NO4/c1-5(2)8(12)10-7(9(13)14)4-6(3)11/h5,7H,4H2,1-3H3,(H,10,12)(H,13,14). The maximum atomic E-state index is 11.2. The lowest BCUT2D eigenvalue weighted by Gasteiger charge is -2.14. The molecule has 0 aromatic rings. The Morgan fingerprint density at radius 3 is 2.07 bits per heavy atom. The van der Waals surface area contributed by atoms with Crippen LogP contribution in [0.2, 0.25) is 0 Å². The first-order chi connectivity index (χ1) is 6.34. The SMILES string of the molecule is CC(=O)CC(NC(=O)C(C)C)C(=O)O. The lowest BCUT2D eigenvalue weighted by Crippen LogP contribution is -2.43. The van der Waals surface area contributed by atoms with E-state index in [1.54, 1.807) is 13.8 Å². The zero-order valence-electron chi connectivity index (χ0n) is 8.53. The van der Waals surface area contributed by atoms with Gasteiger partial charge >= 0.3 is 5.97 Å². The quantitative estimate of drug-likeness (QED) is 0.665. The van der Waals surface area contributed by atoms with E-state index in [1.807, 2.05) is 0 Å². The molecule has 0 aliphatic rings. The van der Waals surface area contributed by atoms with Crippen molar-refractivity contribution in [2.75, 3.05) is 0 Å². The molecule has 1 unspecified atom stereocenters. The Hall–Kier alpha value is -1.39. The van der Waals surface area contributed by atoms with E-state index in [-0.39, 0.29) is 24.0 Å². The molecule has 0 heterocycles. The molecule has 80 valence electrons. The van der Waals surface area contributed by atoms with Crippen molar-refractivity contribution in [3.05, 3.63) is 0 Å². The van der Waals surface area contributed by atoms with Crippen LogP contribution >= 0.6 is 0 Å². The van der Waals surface area contributed by atoms with Gasteiger partial charge in [0.15, 0.2) is 0 Å². The minimum absolute atomic E-state index is 0.173. The fourth-order valence-corrected chi connectivity index (χ4v) is 0.826. The summed E-state index contributed by atoms with van der Waals surface area (Å²) in [7, 11) is 0. The minimum Gasteiger partial charge on any atom is -0.480 e. The Kier molecular flexibility index (Phi) is 4.83. The second-order valence-corrected chi connectivity index (χ2v) is 3.46. The summed E-state index contributed by atoms with van der Waals surface area (Å²) in [6.07, 6.45) is -0.173. The number of amides is 1. The third kappa shape index (κ3) is 4.59. The molecule has 0 saturated carbocycles. The largest absolute Gasteiger partial charge is 0.480 e. The molecule has 5 heteroatoms. The Morgan fingerprint density at radius 1 is 1.29 bits per heavy atom. The molecule has 0 aliphatic carbocycles. The van der Waals surface area contributed by atoms with Gasteiger partial charge in [0.1, 0.15) is 11.8 Å². The zero-order valence-corrected chi connectivity index (χ0v) is 8.53. The van der Waals surface area contributed by atoms with Crippen molar-refractivity contribution in [1.29, 1.82) is 0 Å². The van der Waals surface area contributed by atoms with Crippen LogP contribution in [-0.2, 0) is 14.4 Å². The molecule has 0 bridgehead atoms. The maximum absolute atomic E-state index is 11.2. The van der Waals surface area contributed by atoms with E-state index >= 15 is 0 Å². The van der Waals surface area contributed by atoms with Crippen molar-refractivity contribution >= 4 is 17.7 Å². The summed E-state index contributed by atoms with van der Waals surface area (Å²) in [5.74, 6) is -2.10. The van der Waals surface area contributed by atoms with Gasteiger partial charge in [-0.2, -0.15) is 0 Å². The molecule has 1 atom stereocenters. The van der Waals surface area contributed by atoms with Crippen LogP contribution < -0.4 is 5.32 Å². The number of Topliss-reactive ketones (excluding diaryl/α,β-unsaturated/α-hetero) is 1. The van der Waals surface area contributed by atoms with Crippen LogP contribution in [0.15, 0.2) is 0 Å². The Labute approximate surface area is 82.5 Å². The molecule has 2 N–H and O–H groups in total. The second-order valence-electron chi connectivity index (χ2n) is 3.46. The van der Waals surface area contributed by atoms with Gasteiger partial charge in [0.25, 0.3) is 0 Å². The Balaban J connectivity index is 4.31. The highest BCUT2D eigenvalue weighted by atomic mass is 16.4. The van der Waals surface area contributed by atoms with Gasteiger partial charge in [-0.05, 0) is 6.92 Å². The molecule has 0 aromatic carbocycles. The normalized spacial score (nSPS) is 12.3. The summed E-state index contributed by atoms with van der Waals surface area (Å²) in [5.41, 5.74) is 0. The van der Waals surface area contributed by atoms with E-state index in [9.17, 15) is 14.4 Å². The molecular weight excluding hydrogens is 186 g/mol. The fraction of sp³-hybridized carbons (Fsp3) is 0.667. The van der Waals surface area contributed by atoms with E-state index in [0.29, 0.717) is 0 Å². The van der Waals surface area contributed by atoms with Gasteiger partial charge in [-0.3, -0.25) is 9.59 Å². The molecule has 0 radical (unpaired) electrons. The molecule has 5 nitrogen and oxygen atoms in total. The van der Waals surface area contributed by atoms with Crippen LogP contribution in [0.4, 0.5) is 0 Å². The first kappa shape index (κ1) is 12.6. The summed E-state index contributed by atoms with van der Waals surface area (Å²) in [5, 5.41) is 11.0. The summed E-state index contributed by atoms with van der Waals surface area (Å²) < 4.78 is 0. The monoisotopic (exact) mass is 201 g/mol. The van der Waals surface area contributed by atoms with Crippen molar-refractivity contribution in [2.45, 2.75) is 33.2 Å². The van der Waals surface area contributed by atoms with Crippen molar-refractivity contribution in [2.24, 2.45) is 5.92 Å².